The first kappa shape index (κ1) is 12.6. The third kappa shape index (κ3) is 2.78. The minimum Gasteiger partial charge on any atom is -0.365 e. The summed E-state index contributed by atoms with van der Waals surface area (Å²) in [7, 11) is 0. The maximum Gasteiger partial charge on any atom is 0.166 e. The predicted molar refractivity (Wildman–Crippen MR) is 77.8 cm³/mol. The van der Waals surface area contributed by atoms with Crippen molar-refractivity contribution in [2.75, 3.05) is 5.32 Å². The van der Waals surface area contributed by atoms with E-state index in [-0.39, 0.29) is 11.9 Å². The molecule has 4 heteroatoms. The van der Waals surface area contributed by atoms with Gasteiger partial charge in [-0.3, -0.25) is 0 Å². The molecule has 1 heterocycles. The van der Waals surface area contributed by atoms with Gasteiger partial charge in [-0.05, 0) is 52.4 Å². The molecular formula is C15H14BrFN2. The number of benzene rings is 1. The second kappa shape index (κ2) is 5.29. The number of hydrogen-bond acceptors (Lipinski definition) is 2. The van der Waals surface area contributed by atoms with E-state index in [2.05, 4.69) is 50.5 Å². The molecule has 0 fully saturated rings. The molecule has 1 atom stereocenters. The Balaban J connectivity index is 1.75. The van der Waals surface area contributed by atoms with Gasteiger partial charge in [0.1, 0.15) is 0 Å². The number of halogens is 2. The zero-order chi connectivity index (χ0) is 13.2. The maximum absolute atomic E-state index is 13.7. The minimum atomic E-state index is -0.312. The Morgan fingerprint density at radius 2 is 2.05 bits per heavy atom. The Labute approximate surface area is 120 Å². The number of nitrogens with one attached hydrogen (secondary N) is 1. The van der Waals surface area contributed by atoms with Gasteiger partial charge in [-0.2, -0.15) is 0 Å². The van der Waals surface area contributed by atoms with Gasteiger partial charge in [-0.1, -0.05) is 24.3 Å². The minimum absolute atomic E-state index is 0.248. The molecule has 0 spiro atoms. The fraction of sp³-hybridized carbons (Fsp3) is 0.267. The van der Waals surface area contributed by atoms with Crippen LogP contribution in [-0.4, -0.2) is 11.0 Å². The van der Waals surface area contributed by atoms with Crippen LogP contribution in [0.5, 0.6) is 0 Å². The molecule has 0 bridgehead atoms. The van der Waals surface area contributed by atoms with E-state index in [0.717, 1.165) is 19.3 Å². The van der Waals surface area contributed by atoms with Gasteiger partial charge >= 0.3 is 0 Å². The van der Waals surface area contributed by atoms with Crippen LogP contribution in [-0.2, 0) is 12.8 Å². The Bertz CT molecular complexity index is 600. The largest absolute Gasteiger partial charge is 0.365 e. The second-order valence-corrected chi connectivity index (χ2v) is 5.75. The summed E-state index contributed by atoms with van der Waals surface area (Å²) in [6, 6.07) is 10.1. The van der Waals surface area contributed by atoms with Crippen molar-refractivity contribution >= 4 is 21.7 Å². The average Bonchev–Trinajstić information content (AvgIpc) is 2.42. The summed E-state index contributed by atoms with van der Waals surface area (Å²) in [5.74, 6) is 0.0285. The molecule has 1 aromatic carbocycles. The molecule has 0 saturated carbocycles. The van der Waals surface area contributed by atoms with Crippen LogP contribution < -0.4 is 5.32 Å². The highest BCUT2D eigenvalue weighted by Crippen LogP contribution is 2.24. The lowest BCUT2D eigenvalue weighted by atomic mass is 9.88. The molecule has 2 aromatic rings. The van der Waals surface area contributed by atoms with Crippen molar-refractivity contribution < 1.29 is 4.39 Å². The van der Waals surface area contributed by atoms with Gasteiger partial charge in [-0.25, -0.2) is 9.37 Å². The first-order valence-electron chi connectivity index (χ1n) is 6.37. The molecule has 98 valence electrons. The SMILES string of the molecule is Fc1cc(Br)cnc1NC1CCc2ccccc2C1. The summed E-state index contributed by atoms with van der Waals surface area (Å²) in [5.41, 5.74) is 2.76. The summed E-state index contributed by atoms with van der Waals surface area (Å²) in [6.07, 6.45) is 4.58. The van der Waals surface area contributed by atoms with E-state index in [1.165, 1.54) is 17.2 Å². The van der Waals surface area contributed by atoms with E-state index in [1.807, 2.05) is 0 Å². The number of anilines is 1. The lowest BCUT2D eigenvalue weighted by Crippen LogP contribution is -2.28. The lowest BCUT2D eigenvalue weighted by molar-refractivity contribution is 0.586. The van der Waals surface area contributed by atoms with Crippen LogP contribution in [0.25, 0.3) is 0 Å². The standard InChI is InChI=1S/C15H14BrFN2/c16-12-8-14(17)15(18-9-12)19-13-6-5-10-3-1-2-4-11(10)7-13/h1-4,8-9,13H,5-7H2,(H,18,19). The third-order valence-corrected chi connectivity index (χ3v) is 3.93. The van der Waals surface area contributed by atoms with Gasteiger partial charge in [0.25, 0.3) is 0 Å². The molecule has 0 amide bonds. The number of aryl methyl sites for hydroxylation is 1. The van der Waals surface area contributed by atoms with Gasteiger partial charge in [0.15, 0.2) is 11.6 Å². The molecular weight excluding hydrogens is 307 g/mol. The van der Waals surface area contributed by atoms with E-state index < -0.39 is 0 Å². The second-order valence-electron chi connectivity index (χ2n) is 4.84. The van der Waals surface area contributed by atoms with Gasteiger partial charge in [-0.15, -0.1) is 0 Å². The monoisotopic (exact) mass is 320 g/mol. The number of aromatic nitrogens is 1. The quantitative estimate of drug-likeness (QED) is 0.906. The molecule has 2 nitrogen and oxygen atoms in total. The van der Waals surface area contributed by atoms with Crippen LogP contribution in [0.3, 0.4) is 0 Å². The van der Waals surface area contributed by atoms with Crippen molar-refractivity contribution in [3.8, 4) is 0 Å². The van der Waals surface area contributed by atoms with E-state index in [1.54, 1.807) is 6.20 Å². The van der Waals surface area contributed by atoms with Crippen LogP contribution >= 0.6 is 15.9 Å². The Morgan fingerprint density at radius 3 is 2.84 bits per heavy atom. The topological polar surface area (TPSA) is 24.9 Å². The van der Waals surface area contributed by atoms with Gasteiger partial charge in [0.05, 0.1) is 0 Å². The summed E-state index contributed by atoms with van der Waals surface area (Å²) < 4.78 is 14.4. The number of rotatable bonds is 2. The van der Waals surface area contributed by atoms with E-state index >= 15 is 0 Å². The summed E-state index contributed by atoms with van der Waals surface area (Å²) >= 11 is 3.21. The molecule has 1 N–H and O–H groups in total. The predicted octanol–water partition coefficient (Wildman–Crippen LogP) is 3.95. The molecule has 19 heavy (non-hydrogen) atoms. The van der Waals surface area contributed by atoms with E-state index in [9.17, 15) is 4.39 Å². The zero-order valence-corrected chi connectivity index (χ0v) is 12.0. The number of pyridine rings is 1. The smallest absolute Gasteiger partial charge is 0.166 e. The fourth-order valence-corrected chi connectivity index (χ4v) is 2.84. The first-order valence-corrected chi connectivity index (χ1v) is 7.16. The Hall–Kier alpha value is -1.42. The molecule has 0 aliphatic heterocycles. The van der Waals surface area contributed by atoms with E-state index in [4.69, 9.17) is 0 Å². The van der Waals surface area contributed by atoms with E-state index in [0.29, 0.717) is 10.3 Å². The van der Waals surface area contributed by atoms with Crippen molar-refractivity contribution in [2.24, 2.45) is 0 Å². The van der Waals surface area contributed by atoms with Crippen molar-refractivity contribution in [3.05, 3.63) is 57.9 Å². The highest BCUT2D eigenvalue weighted by atomic mass is 79.9. The molecule has 0 radical (unpaired) electrons. The van der Waals surface area contributed by atoms with Crippen LogP contribution in [0.2, 0.25) is 0 Å². The Kier molecular flexibility index (Phi) is 3.51. The summed E-state index contributed by atoms with van der Waals surface area (Å²) in [4.78, 5) is 4.09. The molecule has 1 aliphatic carbocycles. The average molecular weight is 321 g/mol. The van der Waals surface area contributed by atoms with Gasteiger partial charge in [0, 0.05) is 16.7 Å². The van der Waals surface area contributed by atoms with Crippen molar-refractivity contribution in [1.29, 1.82) is 0 Å². The zero-order valence-electron chi connectivity index (χ0n) is 10.4. The fourth-order valence-electron chi connectivity index (χ4n) is 2.54. The first-order chi connectivity index (χ1) is 9.22. The molecule has 1 unspecified atom stereocenters. The summed E-state index contributed by atoms with van der Waals surface area (Å²) in [5, 5.41) is 3.21. The van der Waals surface area contributed by atoms with Crippen LogP contribution in [0.15, 0.2) is 41.0 Å². The normalized spacial score (nSPS) is 17.9. The van der Waals surface area contributed by atoms with Crippen molar-refractivity contribution in [1.82, 2.24) is 4.98 Å². The van der Waals surface area contributed by atoms with Crippen LogP contribution in [0, 0.1) is 5.82 Å². The lowest BCUT2D eigenvalue weighted by Gasteiger charge is -2.26. The van der Waals surface area contributed by atoms with Gasteiger partial charge < -0.3 is 5.32 Å². The summed E-state index contributed by atoms with van der Waals surface area (Å²) in [6.45, 7) is 0. The van der Waals surface area contributed by atoms with Crippen molar-refractivity contribution in [2.45, 2.75) is 25.3 Å². The Morgan fingerprint density at radius 1 is 1.26 bits per heavy atom. The highest BCUT2D eigenvalue weighted by molar-refractivity contribution is 9.10. The van der Waals surface area contributed by atoms with Crippen LogP contribution in [0.1, 0.15) is 17.5 Å². The third-order valence-electron chi connectivity index (χ3n) is 3.50. The maximum atomic E-state index is 13.7. The number of fused-ring (bicyclic) bond motifs is 1. The molecule has 3 rings (SSSR count). The number of hydrogen-bond donors (Lipinski definition) is 1. The molecule has 1 aliphatic rings. The van der Waals surface area contributed by atoms with Crippen LogP contribution in [0.4, 0.5) is 10.2 Å². The molecule has 1 aromatic heterocycles. The number of nitrogens with zero attached hydrogens (tertiary/aromatic N) is 1. The molecule has 0 saturated heterocycles. The highest BCUT2D eigenvalue weighted by Gasteiger charge is 2.19. The van der Waals surface area contributed by atoms with Gasteiger partial charge in [0.2, 0.25) is 0 Å². The van der Waals surface area contributed by atoms with Crippen molar-refractivity contribution in [3.63, 3.8) is 0 Å².